The number of nitrogens with zero attached hydrogens (tertiary/aromatic N) is 1. The lowest BCUT2D eigenvalue weighted by atomic mass is 9.99. The molecule has 0 N–H and O–H groups in total. The number of hydrogen-bond donors (Lipinski definition) is 0. The van der Waals surface area contributed by atoms with Crippen molar-refractivity contribution in [3.05, 3.63) is 149 Å². The molecule has 0 aliphatic carbocycles. The van der Waals surface area contributed by atoms with Crippen LogP contribution in [0.5, 0.6) is 0 Å². The van der Waals surface area contributed by atoms with Gasteiger partial charge in [0.05, 0.1) is 37.6 Å². The van der Waals surface area contributed by atoms with E-state index in [4.69, 9.17) is 26.5 Å². The van der Waals surface area contributed by atoms with Crippen molar-refractivity contribution in [1.29, 1.82) is 0 Å². The number of hydrogen-bond acceptors (Lipinski definition) is 8. The lowest BCUT2D eigenvalue weighted by Crippen LogP contribution is -2.37. The average molecular weight is 537 g/mol. The maximum atomic E-state index is 14.4. The summed E-state index contributed by atoms with van der Waals surface area (Å²) in [5.41, 5.74) is 0. The minimum atomic E-state index is -2.35. The summed E-state index contributed by atoms with van der Waals surface area (Å²) in [7, 11) is -4.69. The molecule has 6 aromatic heterocycles. The lowest BCUT2D eigenvalue weighted by molar-refractivity contribution is 0.381. The van der Waals surface area contributed by atoms with E-state index in [9.17, 15) is 8.42 Å². The molecule has 0 amide bonds. The highest BCUT2D eigenvalue weighted by molar-refractivity contribution is 8.07. The van der Waals surface area contributed by atoms with Crippen molar-refractivity contribution < 1.29 is 34.9 Å². The van der Waals surface area contributed by atoms with Gasteiger partial charge in [-0.1, -0.05) is 0 Å². The zero-order chi connectivity index (χ0) is 25.3. The molecule has 9 nitrogen and oxygen atoms in total. The Bertz CT molecular complexity index is 1280. The van der Waals surface area contributed by atoms with Crippen molar-refractivity contribution in [3.8, 4) is 0 Å². The van der Waals surface area contributed by atoms with Gasteiger partial charge in [-0.15, -0.1) is 0 Å². The maximum Gasteiger partial charge on any atom is 0.200 e. The minimum absolute atomic E-state index is 0.219. The van der Waals surface area contributed by atoms with E-state index in [0.29, 0.717) is 0 Å². The molecule has 6 heterocycles. The molecule has 0 aromatic carbocycles. The van der Waals surface area contributed by atoms with Gasteiger partial charge in [-0.3, -0.25) is 8.42 Å². The normalized spacial score (nSPS) is 14.1. The quantitative estimate of drug-likeness (QED) is 0.202. The second kappa shape index (κ2) is 9.43. The van der Waals surface area contributed by atoms with E-state index in [2.05, 4.69) is 4.13 Å². The smallest absolute Gasteiger partial charge is 0.200 e. The van der Waals surface area contributed by atoms with Gasteiger partial charge < -0.3 is 30.6 Å². The first kappa shape index (κ1) is 23.3. The average Bonchev–Trinajstić information content (AvgIpc) is 3.77. The number of furan rings is 6. The molecule has 6 aromatic rings. The molecule has 0 saturated heterocycles. The van der Waals surface area contributed by atoms with Crippen LogP contribution in [0.15, 0.2) is 137 Å². The Hall–Kier alpha value is -4.06. The van der Waals surface area contributed by atoms with Crippen molar-refractivity contribution in [3.63, 3.8) is 0 Å². The van der Waals surface area contributed by atoms with Gasteiger partial charge in [-0.2, -0.15) is 0 Å². The molecule has 2 atom stereocenters. The highest BCUT2D eigenvalue weighted by atomic mass is 32.3. The lowest BCUT2D eigenvalue weighted by Gasteiger charge is -2.39. The molecule has 37 heavy (non-hydrogen) atoms. The largest absolute Gasteiger partial charge is 0.487 e. The van der Waals surface area contributed by atoms with E-state index >= 15 is 0 Å². The van der Waals surface area contributed by atoms with Crippen molar-refractivity contribution in [2.75, 3.05) is 0 Å². The monoisotopic (exact) mass is 536 g/mol. The Morgan fingerprint density at radius 1 is 0.432 bits per heavy atom. The van der Waals surface area contributed by atoms with Crippen molar-refractivity contribution in [2.45, 2.75) is 9.49 Å². The summed E-state index contributed by atoms with van der Waals surface area (Å²) in [6, 6.07) is 19.6. The van der Waals surface area contributed by atoms with E-state index in [1.54, 1.807) is 72.8 Å². The van der Waals surface area contributed by atoms with Crippen LogP contribution in [0, 0.1) is 0 Å². The third-order valence-corrected chi connectivity index (χ3v) is 9.21. The summed E-state index contributed by atoms with van der Waals surface area (Å²) in [5, 5.41) is 0. The third-order valence-electron chi connectivity index (χ3n) is 5.87. The van der Waals surface area contributed by atoms with E-state index in [-0.39, 0.29) is 34.6 Å². The molecule has 0 radical (unpaired) electrons. The van der Waals surface area contributed by atoms with Crippen LogP contribution in [-0.4, -0.2) is 8.42 Å². The highest BCUT2D eigenvalue weighted by Crippen LogP contribution is 2.49. The first-order valence-electron chi connectivity index (χ1n) is 11.0. The molecule has 188 valence electrons. The van der Waals surface area contributed by atoms with Crippen LogP contribution in [0.2, 0.25) is 0 Å². The predicted molar refractivity (Wildman–Crippen MR) is 132 cm³/mol. The molecular weight excluding hydrogens is 518 g/mol. The molecule has 0 saturated carbocycles. The van der Waals surface area contributed by atoms with Gasteiger partial charge in [0.25, 0.3) is 0 Å². The Balaban J connectivity index is 1.53. The summed E-state index contributed by atoms with van der Waals surface area (Å²) in [5.74, 6) is 1.31. The fraction of sp³-hybridized carbons (Fsp3) is 0.0769. The van der Waals surface area contributed by atoms with Crippen LogP contribution in [-0.2, 0) is 31.5 Å². The fourth-order valence-electron chi connectivity index (χ4n) is 4.29. The molecule has 0 spiro atoms. The van der Waals surface area contributed by atoms with Gasteiger partial charge in [0, 0.05) is 0 Å². The minimum Gasteiger partial charge on any atom is -0.487 e. The molecule has 0 aliphatic heterocycles. The first-order valence-corrected chi connectivity index (χ1v) is 13.2. The highest BCUT2D eigenvalue weighted by Gasteiger charge is 2.51. The van der Waals surface area contributed by atoms with Crippen LogP contribution in [0.25, 0.3) is 4.13 Å². The third kappa shape index (κ3) is 3.54. The second-order valence-corrected chi connectivity index (χ2v) is 10.6. The molecule has 0 fully saturated rings. The maximum absolute atomic E-state index is 14.4. The van der Waals surface area contributed by atoms with E-state index in [1.807, 2.05) is 0 Å². The summed E-state index contributed by atoms with van der Waals surface area (Å²) in [6.45, 7) is 0. The van der Waals surface area contributed by atoms with Gasteiger partial charge in [0.1, 0.15) is 34.6 Å². The van der Waals surface area contributed by atoms with Gasteiger partial charge in [-0.25, -0.2) is 0 Å². The van der Waals surface area contributed by atoms with Crippen LogP contribution in [0.3, 0.4) is 0 Å². The predicted octanol–water partition coefficient (Wildman–Crippen LogP) is 6.23. The summed E-state index contributed by atoms with van der Waals surface area (Å²) in [6.07, 6.45) is 8.60. The zero-order valence-corrected chi connectivity index (χ0v) is 20.6. The molecular formula is C26H18NO8S2-. The standard InChI is InChI=1S/C26H18NO8S2/c28-36(25(19-7-1-13-30-19,20-8-2-14-31-20)21-9-3-15-32-21)27-37(29)26(22-10-4-16-33-22,23-11-5-17-34-23)24-12-6-18-35-24/h1-18H/q-1. The van der Waals surface area contributed by atoms with Crippen LogP contribution >= 0.6 is 0 Å². The summed E-state index contributed by atoms with van der Waals surface area (Å²) in [4.78, 5) is 0. The van der Waals surface area contributed by atoms with Gasteiger partial charge in [0.15, 0.2) is 9.49 Å². The van der Waals surface area contributed by atoms with E-state index < -0.39 is 31.5 Å². The first-order chi connectivity index (χ1) is 18.2. The molecule has 6 rings (SSSR count). The van der Waals surface area contributed by atoms with Crippen LogP contribution in [0.1, 0.15) is 34.6 Å². The van der Waals surface area contributed by atoms with Gasteiger partial charge in [-0.05, 0) is 94.8 Å². The Kier molecular flexibility index (Phi) is 5.95. The summed E-state index contributed by atoms with van der Waals surface area (Å²) >= 11 is 0. The topological polar surface area (TPSA) is 127 Å². The summed E-state index contributed by atoms with van der Waals surface area (Å²) < 4.78 is 64.1. The van der Waals surface area contributed by atoms with Crippen molar-refractivity contribution in [2.24, 2.45) is 0 Å². The van der Waals surface area contributed by atoms with Crippen LogP contribution in [0.4, 0.5) is 0 Å². The SMILES string of the molecule is O=S([N-]S(=O)C(c1ccco1)(c1ccco1)c1ccco1)C(c1ccco1)(c1ccco1)c1ccco1. The molecule has 2 unspecified atom stereocenters. The molecule has 11 heteroatoms. The second-order valence-electron chi connectivity index (χ2n) is 7.80. The van der Waals surface area contributed by atoms with Crippen molar-refractivity contribution in [1.82, 2.24) is 0 Å². The fourth-order valence-corrected chi connectivity index (χ4v) is 7.41. The molecule has 0 bridgehead atoms. The van der Waals surface area contributed by atoms with Crippen LogP contribution < -0.4 is 0 Å². The molecule has 0 aliphatic rings. The van der Waals surface area contributed by atoms with E-state index in [1.165, 1.54) is 37.6 Å². The number of rotatable bonds is 10. The Labute approximate surface area is 215 Å². The van der Waals surface area contributed by atoms with Gasteiger partial charge >= 0.3 is 0 Å². The van der Waals surface area contributed by atoms with Crippen molar-refractivity contribution >= 4 is 22.0 Å². The Morgan fingerprint density at radius 2 is 0.649 bits per heavy atom. The van der Waals surface area contributed by atoms with Gasteiger partial charge in [0.2, 0.25) is 0 Å². The Morgan fingerprint density at radius 3 is 0.811 bits per heavy atom. The zero-order valence-electron chi connectivity index (χ0n) is 18.9. The van der Waals surface area contributed by atoms with E-state index in [0.717, 1.165) is 0 Å².